The molecule has 0 aromatic carbocycles. The molecule has 0 spiro atoms. The van der Waals surface area contributed by atoms with Gasteiger partial charge in [-0.25, -0.2) is 9.97 Å². The molecular formula is C13H18N4S. The summed E-state index contributed by atoms with van der Waals surface area (Å²) in [7, 11) is 3.99. The Kier molecular flexibility index (Phi) is 3.81. The standard InChI is InChI=1S/C13H18N4S/c1-9-12(18-8-15-9)10(2)16-11-6-5-7-14-13(11)17(3)4/h5-8,10,16H,1-4H3. The second-order valence-electron chi connectivity index (χ2n) is 4.44. The quantitative estimate of drug-likeness (QED) is 0.919. The van der Waals surface area contributed by atoms with Crippen molar-refractivity contribution in [2.45, 2.75) is 19.9 Å². The maximum absolute atomic E-state index is 4.39. The van der Waals surface area contributed by atoms with Gasteiger partial charge < -0.3 is 10.2 Å². The number of hydrogen-bond acceptors (Lipinski definition) is 5. The molecule has 0 aliphatic rings. The SMILES string of the molecule is Cc1ncsc1C(C)Nc1cccnc1N(C)C. The minimum atomic E-state index is 0.236. The van der Waals surface area contributed by atoms with Gasteiger partial charge in [-0.3, -0.25) is 0 Å². The zero-order valence-corrected chi connectivity index (χ0v) is 12.0. The number of nitrogens with one attached hydrogen (secondary N) is 1. The largest absolute Gasteiger partial charge is 0.375 e. The fraction of sp³-hybridized carbons (Fsp3) is 0.385. The van der Waals surface area contributed by atoms with Gasteiger partial charge in [-0.15, -0.1) is 11.3 Å². The van der Waals surface area contributed by atoms with Crippen molar-refractivity contribution < 1.29 is 0 Å². The number of pyridine rings is 1. The van der Waals surface area contributed by atoms with Gasteiger partial charge in [-0.1, -0.05) is 0 Å². The monoisotopic (exact) mass is 262 g/mol. The van der Waals surface area contributed by atoms with Crippen LogP contribution in [0.5, 0.6) is 0 Å². The average molecular weight is 262 g/mol. The molecule has 0 radical (unpaired) electrons. The van der Waals surface area contributed by atoms with Crippen LogP contribution in [0, 0.1) is 6.92 Å². The maximum atomic E-state index is 4.39. The molecular weight excluding hydrogens is 244 g/mol. The topological polar surface area (TPSA) is 41.1 Å². The smallest absolute Gasteiger partial charge is 0.151 e. The molecule has 2 heterocycles. The molecule has 1 atom stereocenters. The van der Waals surface area contributed by atoms with Gasteiger partial charge in [-0.05, 0) is 26.0 Å². The summed E-state index contributed by atoms with van der Waals surface area (Å²) in [6.45, 7) is 4.19. The van der Waals surface area contributed by atoms with Crippen LogP contribution >= 0.6 is 11.3 Å². The second kappa shape index (κ2) is 5.35. The van der Waals surface area contributed by atoms with Crippen molar-refractivity contribution in [3.63, 3.8) is 0 Å². The van der Waals surface area contributed by atoms with E-state index < -0.39 is 0 Å². The molecule has 0 bridgehead atoms. The van der Waals surface area contributed by atoms with E-state index in [0.717, 1.165) is 17.2 Å². The summed E-state index contributed by atoms with van der Waals surface area (Å²) in [5, 5.41) is 3.50. The van der Waals surface area contributed by atoms with E-state index in [1.54, 1.807) is 11.3 Å². The highest BCUT2D eigenvalue weighted by atomic mass is 32.1. The van der Waals surface area contributed by atoms with E-state index in [2.05, 4.69) is 28.3 Å². The zero-order valence-electron chi connectivity index (χ0n) is 11.1. The molecule has 2 aromatic rings. The Morgan fingerprint density at radius 2 is 2.11 bits per heavy atom. The lowest BCUT2D eigenvalue weighted by molar-refractivity contribution is 0.885. The number of aromatic nitrogens is 2. The fourth-order valence-electron chi connectivity index (χ4n) is 1.89. The van der Waals surface area contributed by atoms with Gasteiger partial charge >= 0.3 is 0 Å². The molecule has 0 amide bonds. The van der Waals surface area contributed by atoms with Crippen molar-refractivity contribution in [2.24, 2.45) is 0 Å². The fourth-order valence-corrected chi connectivity index (χ4v) is 2.70. The van der Waals surface area contributed by atoms with Crippen LogP contribution in [0.1, 0.15) is 23.5 Å². The number of thiazole rings is 1. The molecule has 0 fully saturated rings. The Morgan fingerprint density at radius 1 is 1.33 bits per heavy atom. The van der Waals surface area contributed by atoms with Gasteiger partial charge in [0.1, 0.15) is 0 Å². The van der Waals surface area contributed by atoms with E-state index in [1.165, 1.54) is 4.88 Å². The third-order valence-corrected chi connectivity index (χ3v) is 3.87. The molecule has 2 rings (SSSR count). The van der Waals surface area contributed by atoms with E-state index in [-0.39, 0.29) is 6.04 Å². The summed E-state index contributed by atoms with van der Waals surface area (Å²) in [6, 6.07) is 4.23. The Balaban J connectivity index is 2.22. The maximum Gasteiger partial charge on any atom is 0.151 e. The van der Waals surface area contributed by atoms with Gasteiger partial charge in [-0.2, -0.15) is 0 Å². The molecule has 96 valence electrons. The third kappa shape index (κ3) is 2.61. The highest BCUT2D eigenvalue weighted by molar-refractivity contribution is 7.09. The van der Waals surface area contributed by atoms with Crippen LogP contribution in [0.4, 0.5) is 11.5 Å². The zero-order chi connectivity index (χ0) is 13.1. The van der Waals surface area contributed by atoms with E-state index >= 15 is 0 Å². The van der Waals surface area contributed by atoms with E-state index in [4.69, 9.17) is 0 Å². The molecule has 0 aliphatic heterocycles. The number of hydrogen-bond donors (Lipinski definition) is 1. The Morgan fingerprint density at radius 3 is 2.72 bits per heavy atom. The van der Waals surface area contributed by atoms with Crippen LogP contribution < -0.4 is 10.2 Å². The van der Waals surface area contributed by atoms with Gasteiger partial charge in [0, 0.05) is 25.2 Å². The van der Waals surface area contributed by atoms with E-state index in [1.807, 2.05) is 43.7 Å². The highest BCUT2D eigenvalue weighted by Gasteiger charge is 2.13. The lowest BCUT2D eigenvalue weighted by atomic mass is 10.2. The highest BCUT2D eigenvalue weighted by Crippen LogP contribution is 2.28. The minimum absolute atomic E-state index is 0.236. The molecule has 0 aliphatic carbocycles. The van der Waals surface area contributed by atoms with E-state index in [9.17, 15) is 0 Å². The Hall–Kier alpha value is -1.62. The van der Waals surface area contributed by atoms with Crippen LogP contribution in [0.15, 0.2) is 23.8 Å². The predicted molar refractivity (Wildman–Crippen MR) is 77.5 cm³/mol. The number of anilines is 2. The number of aryl methyl sites for hydroxylation is 1. The Bertz CT molecular complexity index is 521. The number of nitrogens with zero attached hydrogens (tertiary/aromatic N) is 3. The first-order chi connectivity index (χ1) is 8.59. The first-order valence-corrected chi connectivity index (χ1v) is 6.76. The average Bonchev–Trinajstić information content (AvgIpc) is 2.76. The molecule has 2 aromatic heterocycles. The Labute approximate surface area is 112 Å². The minimum Gasteiger partial charge on any atom is -0.375 e. The normalized spacial score (nSPS) is 12.2. The summed E-state index contributed by atoms with van der Waals surface area (Å²) in [5.74, 6) is 0.950. The summed E-state index contributed by atoms with van der Waals surface area (Å²) < 4.78 is 0. The third-order valence-electron chi connectivity index (χ3n) is 2.76. The van der Waals surface area contributed by atoms with Crippen LogP contribution in [0.3, 0.4) is 0 Å². The van der Waals surface area contributed by atoms with Crippen molar-refractivity contribution >= 4 is 22.8 Å². The molecule has 0 saturated heterocycles. The second-order valence-corrected chi connectivity index (χ2v) is 5.32. The molecule has 5 heteroatoms. The van der Waals surface area contributed by atoms with E-state index in [0.29, 0.717) is 0 Å². The van der Waals surface area contributed by atoms with Gasteiger partial charge in [0.2, 0.25) is 0 Å². The van der Waals surface area contributed by atoms with Crippen molar-refractivity contribution in [2.75, 3.05) is 24.3 Å². The number of rotatable bonds is 4. The first kappa shape index (κ1) is 12.8. The summed E-state index contributed by atoms with van der Waals surface area (Å²) in [5.41, 5.74) is 4.02. The summed E-state index contributed by atoms with van der Waals surface area (Å²) in [4.78, 5) is 12.0. The van der Waals surface area contributed by atoms with Crippen LogP contribution in [-0.2, 0) is 0 Å². The van der Waals surface area contributed by atoms with Crippen LogP contribution in [0.2, 0.25) is 0 Å². The van der Waals surface area contributed by atoms with Crippen molar-refractivity contribution in [3.05, 3.63) is 34.4 Å². The van der Waals surface area contributed by atoms with Gasteiger partial charge in [0.25, 0.3) is 0 Å². The van der Waals surface area contributed by atoms with Crippen LogP contribution in [0.25, 0.3) is 0 Å². The molecule has 18 heavy (non-hydrogen) atoms. The summed E-state index contributed by atoms with van der Waals surface area (Å²) >= 11 is 1.68. The molecule has 1 N–H and O–H groups in total. The van der Waals surface area contributed by atoms with Gasteiger partial charge in [0.05, 0.1) is 22.9 Å². The predicted octanol–water partition coefficient (Wildman–Crippen LogP) is 3.09. The van der Waals surface area contributed by atoms with Crippen molar-refractivity contribution in [1.29, 1.82) is 0 Å². The lowest BCUT2D eigenvalue weighted by Gasteiger charge is -2.20. The molecule has 0 saturated carbocycles. The molecule has 4 nitrogen and oxygen atoms in total. The van der Waals surface area contributed by atoms with Crippen molar-refractivity contribution in [3.8, 4) is 0 Å². The van der Waals surface area contributed by atoms with Gasteiger partial charge in [0.15, 0.2) is 5.82 Å². The van der Waals surface area contributed by atoms with Crippen molar-refractivity contribution in [1.82, 2.24) is 9.97 Å². The van der Waals surface area contributed by atoms with Crippen LogP contribution in [-0.4, -0.2) is 24.1 Å². The summed E-state index contributed by atoms with van der Waals surface area (Å²) in [6.07, 6.45) is 1.81. The first-order valence-electron chi connectivity index (χ1n) is 5.88. The lowest BCUT2D eigenvalue weighted by Crippen LogP contribution is -2.15. The molecule has 1 unspecified atom stereocenters.